The van der Waals surface area contributed by atoms with Crippen LogP contribution in [0.2, 0.25) is 0 Å². The molecular weight excluding hydrogens is 444 g/mol. The molecule has 2 fully saturated rings. The van der Waals surface area contributed by atoms with Crippen molar-refractivity contribution in [3.63, 3.8) is 0 Å². The summed E-state index contributed by atoms with van der Waals surface area (Å²) < 4.78 is 16.7. The fraction of sp³-hybridized carbons (Fsp3) is 0.391. The SMILES string of the molecule is CC1(c2ccco2)NC(=O)N(CC(=O)N2CCN(C(=O)C3COc4ccccc4O3)CC2)C1=O. The molecule has 2 unspecified atom stereocenters. The van der Waals surface area contributed by atoms with Crippen molar-refractivity contribution in [3.05, 3.63) is 48.4 Å². The van der Waals surface area contributed by atoms with E-state index in [1.165, 1.54) is 13.2 Å². The molecule has 3 aliphatic heterocycles. The molecule has 0 aliphatic carbocycles. The first-order valence-electron chi connectivity index (χ1n) is 11.0. The second-order valence-electron chi connectivity index (χ2n) is 8.49. The van der Waals surface area contributed by atoms with Gasteiger partial charge in [-0.15, -0.1) is 0 Å². The molecule has 4 heterocycles. The van der Waals surface area contributed by atoms with E-state index in [9.17, 15) is 19.2 Å². The van der Waals surface area contributed by atoms with Gasteiger partial charge in [-0.1, -0.05) is 12.1 Å². The summed E-state index contributed by atoms with van der Waals surface area (Å²) in [5.74, 6) is 0.297. The molecule has 0 bridgehead atoms. The van der Waals surface area contributed by atoms with Crippen LogP contribution in [0.3, 0.4) is 0 Å². The summed E-state index contributed by atoms with van der Waals surface area (Å²) in [6.45, 7) is 2.48. The topological polar surface area (TPSA) is 122 Å². The highest BCUT2D eigenvalue weighted by molar-refractivity contribution is 6.08. The molecule has 0 saturated carbocycles. The first-order chi connectivity index (χ1) is 16.4. The molecule has 5 rings (SSSR count). The van der Waals surface area contributed by atoms with Crippen LogP contribution in [0.5, 0.6) is 11.5 Å². The van der Waals surface area contributed by atoms with Crippen LogP contribution in [-0.2, 0) is 19.9 Å². The number of benzene rings is 1. The maximum atomic E-state index is 12.9. The zero-order valence-corrected chi connectivity index (χ0v) is 18.6. The van der Waals surface area contributed by atoms with Gasteiger partial charge in [0.1, 0.15) is 18.9 Å². The molecular formula is C23H24N4O7. The maximum Gasteiger partial charge on any atom is 0.325 e. The number of furan rings is 1. The van der Waals surface area contributed by atoms with Crippen molar-refractivity contribution in [2.75, 3.05) is 39.3 Å². The smallest absolute Gasteiger partial charge is 0.325 e. The highest BCUT2D eigenvalue weighted by atomic mass is 16.6. The molecule has 5 amide bonds. The number of hydrogen-bond donors (Lipinski definition) is 1. The van der Waals surface area contributed by atoms with Gasteiger partial charge in [0.25, 0.3) is 11.8 Å². The van der Waals surface area contributed by atoms with Crippen molar-refractivity contribution in [1.82, 2.24) is 20.0 Å². The van der Waals surface area contributed by atoms with Crippen LogP contribution in [-0.4, -0.2) is 83.9 Å². The molecule has 3 aliphatic rings. The second-order valence-corrected chi connectivity index (χ2v) is 8.49. The largest absolute Gasteiger partial charge is 0.485 e. The molecule has 1 aromatic heterocycles. The quantitative estimate of drug-likeness (QED) is 0.651. The number of hydrogen-bond acceptors (Lipinski definition) is 7. The van der Waals surface area contributed by atoms with Gasteiger partial charge in [-0.25, -0.2) is 4.79 Å². The van der Waals surface area contributed by atoms with Crippen molar-refractivity contribution < 1.29 is 33.1 Å². The summed E-state index contributed by atoms with van der Waals surface area (Å²) in [4.78, 5) is 55.1. The Kier molecular flexibility index (Phi) is 5.39. The summed E-state index contributed by atoms with van der Waals surface area (Å²) in [5.41, 5.74) is -1.35. The molecule has 0 radical (unpaired) electrons. The number of ether oxygens (including phenoxy) is 2. The average Bonchev–Trinajstić information content (AvgIpc) is 3.48. The molecule has 34 heavy (non-hydrogen) atoms. The van der Waals surface area contributed by atoms with Gasteiger partial charge in [-0.3, -0.25) is 19.3 Å². The van der Waals surface area contributed by atoms with Gasteiger partial charge in [0.2, 0.25) is 12.0 Å². The van der Waals surface area contributed by atoms with Crippen LogP contribution in [0.1, 0.15) is 12.7 Å². The lowest BCUT2D eigenvalue weighted by Gasteiger charge is -2.37. The van der Waals surface area contributed by atoms with Crippen LogP contribution in [0.15, 0.2) is 47.1 Å². The molecule has 0 spiro atoms. The molecule has 11 heteroatoms. The van der Waals surface area contributed by atoms with E-state index in [-0.39, 0.29) is 38.1 Å². The molecule has 2 saturated heterocycles. The third-order valence-corrected chi connectivity index (χ3v) is 6.31. The first-order valence-corrected chi connectivity index (χ1v) is 11.0. The first kappa shape index (κ1) is 21.8. The van der Waals surface area contributed by atoms with E-state index in [0.29, 0.717) is 30.3 Å². The predicted molar refractivity (Wildman–Crippen MR) is 116 cm³/mol. The van der Waals surface area contributed by atoms with E-state index in [4.69, 9.17) is 13.9 Å². The van der Waals surface area contributed by atoms with Gasteiger partial charge < -0.3 is 29.0 Å². The molecule has 178 valence electrons. The standard InChI is InChI=1S/C23H24N4O7/c1-23(18-7-4-12-32-18)21(30)27(22(31)24-23)13-19(28)25-8-10-26(11-9-25)20(29)17-14-33-15-5-2-3-6-16(15)34-17/h2-7,12,17H,8-11,13-14H2,1H3,(H,24,31). The minimum Gasteiger partial charge on any atom is -0.485 e. The number of rotatable bonds is 4. The number of imide groups is 1. The Morgan fingerprint density at radius 2 is 1.74 bits per heavy atom. The lowest BCUT2D eigenvalue weighted by atomic mass is 9.99. The zero-order chi connectivity index (χ0) is 23.9. The Labute approximate surface area is 195 Å². The molecule has 2 atom stereocenters. The predicted octanol–water partition coefficient (Wildman–Crippen LogP) is 0.557. The number of nitrogens with one attached hydrogen (secondary N) is 1. The van der Waals surface area contributed by atoms with Gasteiger partial charge in [0.15, 0.2) is 17.0 Å². The fourth-order valence-corrected chi connectivity index (χ4v) is 4.33. The molecule has 1 aromatic carbocycles. The lowest BCUT2D eigenvalue weighted by molar-refractivity contribution is -0.147. The number of fused-ring (bicyclic) bond motifs is 1. The summed E-state index contributed by atoms with van der Waals surface area (Å²) in [6, 6.07) is 9.73. The minimum absolute atomic E-state index is 0.121. The van der Waals surface area contributed by atoms with E-state index >= 15 is 0 Å². The number of urea groups is 1. The summed E-state index contributed by atoms with van der Waals surface area (Å²) >= 11 is 0. The van der Waals surface area contributed by atoms with Crippen LogP contribution < -0.4 is 14.8 Å². The molecule has 2 aromatic rings. The normalized spacial score (nSPS) is 24.3. The van der Waals surface area contributed by atoms with Crippen molar-refractivity contribution in [2.24, 2.45) is 0 Å². The summed E-state index contributed by atoms with van der Waals surface area (Å²) in [5, 5.41) is 2.60. The summed E-state index contributed by atoms with van der Waals surface area (Å²) in [6.07, 6.45) is 0.667. The molecule has 1 N–H and O–H groups in total. The number of carbonyl (C=O) groups excluding carboxylic acids is 4. The zero-order valence-electron chi connectivity index (χ0n) is 18.6. The van der Waals surface area contributed by atoms with Crippen molar-refractivity contribution in [2.45, 2.75) is 18.6 Å². The van der Waals surface area contributed by atoms with Crippen molar-refractivity contribution in [3.8, 4) is 11.5 Å². The van der Waals surface area contributed by atoms with E-state index < -0.39 is 23.6 Å². The van der Waals surface area contributed by atoms with Crippen LogP contribution in [0.25, 0.3) is 0 Å². The number of nitrogens with zero attached hydrogens (tertiary/aromatic N) is 3. The van der Waals surface area contributed by atoms with Gasteiger partial charge >= 0.3 is 6.03 Å². The van der Waals surface area contributed by atoms with E-state index in [0.717, 1.165) is 4.90 Å². The third-order valence-electron chi connectivity index (χ3n) is 6.31. The average molecular weight is 468 g/mol. The van der Waals surface area contributed by atoms with Crippen molar-refractivity contribution in [1.29, 1.82) is 0 Å². The van der Waals surface area contributed by atoms with Crippen molar-refractivity contribution >= 4 is 23.8 Å². The van der Waals surface area contributed by atoms with Crippen LogP contribution in [0.4, 0.5) is 4.79 Å². The highest BCUT2D eigenvalue weighted by Gasteiger charge is 2.51. The van der Waals surface area contributed by atoms with Crippen LogP contribution in [0, 0.1) is 0 Å². The highest BCUT2D eigenvalue weighted by Crippen LogP contribution is 2.31. The van der Waals surface area contributed by atoms with E-state index in [2.05, 4.69) is 5.32 Å². The monoisotopic (exact) mass is 468 g/mol. The van der Waals surface area contributed by atoms with Crippen LogP contribution >= 0.6 is 0 Å². The minimum atomic E-state index is -1.35. The number of piperazine rings is 1. The lowest BCUT2D eigenvalue weighted by Crippen LogP contribution is -2.56. The van der Waals surface area contributed by atoms with Gasteiger partial charge in [0.05, 0.1) is 6.26 Å². The Hall–Kier alpha value is -4.02. The van der Waals surface area contributed by atoms with Gasteiger partial charge in [-0.2, -0.15) is 0 Å². The Balaban J connectivity index is 1.16. The molecule has 11 nitrogen and oxygen atoms in total. The second kappa shape index (κ2) is 8.40. The number of amides is 5. The third kappa shape index (κ3) is 3.72. The Morgan fingerprint density at radius 3 is 2.44 bits per heavy atom. The Bertz CT molecular complexity index is 1130. The number of carbonyl (C=O) groups is 4. The maximum absolute atomic E-state index is 12.9. The van der Waals surface area contributed by atoms with E-state index in [1.807, 2.05) is 12.1 Å². The van der Waals surface area contributed by atoms with E-state index in [1.54, 1.807) is 34.1 Å². The Morgan fingerprint density at radius 1 is 1.03 bits per heavy atom. The van der Waals surface area contributed by atoms with Gasteiger partial charge in [0, 0.05) is 26.2 Å². The van der Waals surface area contributed by atoms with Gasteiger partial charge in [-0.05, 0) is 31.2 Å². The number of para-hydroxylation sites is 2. The fourth-order valence-electron chi connectivity index (χ4n) is 4.33. The summed E-state index contributed by atoms with van der Waals surface area (Å²) in [7, 11) is 0.